The molecule has 136 valence electrons. The lowest BCUT2D eigenvalue weighted by molar-refractivity contribution is -0.125. The molecule has 0 spiro atoms. The predicted octanol–water partition coefficient (Wildman–Crippen LogP) is 4.45. The van der Waals surface area contributed by atoms with E-state index in [1.807, 2.05) is 13.8 Å². The van der Waals surface area contributed by atoms with E-state index in [9.17, 15) is 9.59 Å². The Balaban J connectivity index is 1.73. The van der Waals surface area contributed by atoms with Crippen molar-refractivity contribution in [3.63, 3.8) is 0 Å². The van der Waals surface area contributed by atoms with Gasteiger partial charge in [-0.15, -0.1) is 0 Å². The van der Waals surface area contributed by atoms with Gasteiger partial charge in [0.2, 0.25) is 0 Å². The molecule has 2 unspecified atom stereocenters. The summed E-state index contributed by atoms with van der Waals surface area (Å²) in [6.07, 6.45) is 6.07. The van der Waals surface area contributed by atoms with Crippen molar-refractivity contribution >= 4 is 11.6 Å². The molecule has 0 aromatic heterocycles. The van der Waals surface area contributed by atoms with E-state index in [0.29, 0.717) is 18.4 Å². The number of rotatable bonds is 4. The molecule has 0 saturated heterocycles. The molecular weight excluding hydrogens is 312 g/mol. The first-order valence-electron chi connectivity index (χ1n) is 9.57. The zero-order chi connectivity index (χ0) is 18.1. The zero-order valence-electron chi connectivity index (χ0n) is 15.9. The summed E-state index contributed by atoms with van der Waals surface area (Å²) in [7, 11) is 1.78. The third-order valence-corrected chi connectivity index (χ3v) is 6.23. The Morgan fingerprint density at radius 3 is 2.16 bits per heavy atom. The van der Waals surface area contributed by atoms with Crippen molar-refractivity contribution in [1.82, 2.24) is 0 Å². The van der Waals surface area contributed by atoms with Gasteiger partial charge in [-0.25, -0.2) is 0 Å². The Morgan fingerprint density at radius 2 is 1.60 bits per heavy atom. The molecule has 0 bridgehead atoms. The van der Waals surface area contributed by atoms with E-state index in [2.05, 4.69) is 19.1 Å². The lowest BCUT2D eigenvalue weighted by Gasteiger charge is -2.28. The van der Waals surface area contributed by atoms with E-state index in [1.54, 1.807) is 7.11 Å². The molecular formula is C22H30O3. The van der Waals surface area contributed by atoms with Crippen molar-refractivity contribution in [2.24, 2.45) is 11.8 Å². The lowest BCUT2D eigenvalue weighted by Crippen LogP contribution is -2.24. The van der Waals surface area contributed by atoms with E-state index in [1.165, 1.54) is 5.56 Å². The second-order valence-electron chi connectivity index (χ2n) is 8.13. The maximum Gasteiger partial charge on any atom is 0.151 e. The van der Waals surface area contributed by atoms with Gasteiger partial charge in [0.1, 0.15) is 11.7 Å². The Labute approximate surface area is 151 Å². The SMILES string of the molecule is COC1CCC(CC2CC(=O)C(c3c(C)cc(C)cc3C)C2=O)CC1. The smallest absolute Gasteiger partial charge is 0.151 e. The van der Waals surface area contributed by atoms with Gasteiger partial charge in [-0.05, 0) is 75.5 Å². The minimum Gasteiger partial charge on any atom is -0.381 e. The van der Waals surface area contributed by atoms with Gasteiger partial charge in [0, 0.05) is 19.4 Å². The average molecular weight is 342 g/mol. The second-order valence-corrected chi connectivity index (χ2v) is 8.13. The monoisotopic (exact) mass is 342 g/mol. The fourth-order valence-electron chi connectivity index (χ4n) is 5.01. The van der Waals surface area contributed by atoms with Gasteiger partial charge in [0.15, 0.2) is 5.78 Å². The molecule has 2 aliphatic carbocycles. The number of aryl methyl sites for hydroxylation is 3. The van der Waals surface area contributed by atoms with Gasteiger partial charge in [-0.3, -0.25) is 9.59 Å². The third-order valence-electron chi connectivity index (χ3n) is 6.23. The van der Waals surface area contributed by atoms with Crippen LogP contribution in [0.1, 0.15) is 66.7 Å². The summed E-state index contributed by atoms with van der Waals surface area (Å²) in [5, 5.41) is 0. The Kier molecular flexibility index (Phi) is 5.43. The van der Waals surface area contributed by atoms with E-state index < -0.39 is 5.92 Å². The minimum absolute atomic E-state index is 0.0818. The molecule has 3 rings (SSSR count). The summed E-state index contributed by atoms with van der Waals surface area (Å²) >= 11 is 0. The molecule has 2 aliphatic rings. The van der Waals surface area contributed by atoms with Crippen LogP contribution in [-0.4, -0.2) is 24.8 Å². The molecule has 3 nitrogen and oxygen atoms in total. The van der Waals surface area contributed by atoms with Crippen LogP contribution in [0.2, 0.25) is 0 Å². The summed E-state index contributed by atoms with van der Waals surface area (Å²) in [5.74, 6) is 0.235. The highest BCUT2D eigenvalue weighted by atomic mass is 16.5. The fourth-order valence-corrected chi connectivity index (χ4v) is 5.01. The van der Waals surface area contributed by atoms with E-state index >= 15 is 0 Å². The van der Waals surface area contributed by atoms with Crippen molar-refractivity contribution < 1.29 is 14.3 Å². The molecule has 0 aliphatic heterocycles. The first-order chi connectivity index (χ1) is 11.9. The van der Waals surface area contributed by atoms with Crippen molar-refractivity contribution in [3.05, 3.63) is 34.4 Å². The predicted molar refractivity (Wildman–Crippen MR) is 98.9 cm³/mol. The van der Waals surface area contributed by atoms with Crippen LogP contribution in [0, 0.1) is 32.6 Å². The van der Waals surface area contributed by atoms with Crippen LogP contribution in [0.4, 0.5) is 0 Å². The summed E-state index contributed by atoms with van der Waals surface area (Å²) in [4.78, 5) is 25.7. The summed E-state index contributed by atoms with van der Waals surface area (Å²) in [6, 6.07) is 4.17. The van der Waals surface area contributed by atoms with Crippen LogP contribution in [0.15, 0.2) is 12.1 Å². The van der Waals surface area contributed by atoms with E-state index in [0.717, 1.165) is 48.8 Å². The van der Waals surface area contributed by atoms with Gasteiger partial charge < -0.3 is 4.74 Å². The zero-order valence-corrected chi connectivity index (χ0v) is 15.9. The number of carbonyl (C=O) groups excluding carboxylic acids is 2. The Morgan fingerprint density at radius 1 is 1.00 bits per heavy atom. The molecule has 0 amide bonds. The maximum atomic E-state index is 13.1. The number of carbonyl (C=O) groups is 2. The van der Waals surface area contributed by atoms with Crippen molar-refractivity contribution in [2.45, 2.75) is 71.3 Å². The maximum absolute atomic E-state index is 13.1. The molecule has 0 N–H and O–H groups in total. The normalized spacial score (nSPS) is 30.1. The van der Waals surface area contributed by atoms with Crippen LogP contribution in [0.5, 0.6) is 0 Å². The third kappa shape index (κ3) is 3.72. The number of benzene rings is 1. The second kappa shape index (κ2) is 7.41. The average Bonchev–Trinajstić information content (AvgIpc) is 2.82. The first-order valence-corrected chi connectivity index (χ1v) is 9.57. The largest absolute Gasteiger partial charge is 0.381 e. The molecule has 25 heavy (non-hydrogen) atoms. The highest BCUT2D eigenvalue weighted by Crippen LogP contribution is 2.40. The van der Waals surface area contributed by atoms with Crippen molar-refractivity contribution in [1.29, 1.82) is 0 Å². The van der Waals surface area contributed by atoms with Crippen LogP contribution in [-0.2, 0) is 14.3 Å². The fraction of sp³-hybridized carbons (Fsp3) is 0.636. The molecule has 2 saturated carbocycles. The number of ketones is 2. The van der Waals surface area contributed by atoms with Crippen LogP contribution < -0.4 is 0 Å². The number of methoxy groups -OCH3 is 1. The standard InChI is InChI=1S/C22H30O3/c1-13-9-14(2)20(15(3)10-13)21-19(23)12-17(22(21)24)11-16-5-7-18(25-4)8-6-16/h9-10,16-18,21H,5-8,11-12H2,1-4H3. The van der Waals surface area contributed by atoms with Crippen LogP contribution in [0.3, 0.4) is 0 Å². The van der Waals surface area contributed by atoms with Gasteiger partial charge in [-0.1, -0.05) is 17.7 Å². The molecule has 1 aromatic carbocycles. The van der Waals surface area contributed by atoms with Gasteiger partial charge >= 0.3 is 0 Å². The van der Waals surface area contributed by atoms with E-state index in [-0.39, 0.29) is 17.5 Å². The highest BCUT2D eigenvalue weighted by molar-refractivity contribution is 6.14. The van der Waals surface area contributed by atoms with Crippen LogP contribution >= 0.6 is 0 Å². The lowest BCUT2D eigenvalue weighted by atomic mass is 9.80. The Hall–Kier alpha value is -1.48. The van der Waals surface area contributed by atoms with Gasteiger partial charge in [0.05, 0.1) is 6.10 Å². The highest BCUT2D eigenvalue weighted by Gasteiger charge is 2.43. The topological polar surface area (TPSA) is 43.4 Å². The number of Topliss-reactive ketones (excluding diaryl/α,β-unsaturated/α-hetero) is 2. The summed E-state index contributed by atoms with van der Waals surface area (Å²) in [5.41, 5.74) is 4.30. The molecule has 0 heterocycles. The van der Waals surface area contributed by atoms with Crippen molar-refractivity contribution in [3.8, 4) is 0 Å². The van der Waals surface area contributed by atoms with Crippen LogP contribution in [0.25, 0.3) is 0 Å². The molecule has 1 aromatic rings. The quantitative estimate of drug-likeness (QED) is 0.759. The van der Waals surface area contributed by atoms with Gasteiger partial charge in [0.25, 0.3) is 0 Å². The minimum atomic E-state index is -0.527. The van der Waals surface area contributed by atoms with Crippen molar-refractivity contribution in [2.75, 3.05) is 7.11 Å². The molecule has 2 fully saturated rings. The number of hydrogen-bond acceptors (Lipinski definition) is 3. The number of ether oxygens (including phenoxy) is 1. The first kappa shape index (κ1) is 18.3. The van der Waals surface area contributed by atoms with Gasteiger partial charge in [-0.2, -0.15) is 0 Å². The Bertz CT molecular complexity index is 645. The number of hydrogen-bond donors (Lipinski definition) is 0. The van der Waals surface area contributed by atoms with E-state index in [4.69, 9.17) is 4.74 Å². The molecule has 3 heteroatoms. The summed E-state index contributed by atoms with van der Waals surface area (Å²) in [6.45, 7) is 6.10. The summed E-state index contributed by atoms with van der Waals surface area (Å²) < 4.78 is 5.44. The molecule has 0 radical (unpaired) electrons. The molecule has 2 atom stereocenters.